The van der Waals surface area contributed by atoms with Crippen LogP contribution in [0.25, 0.3) is 0 Å². The number of aromatic nitrogens is 2. The molecule has 6 heteroatoms. The molecule has 0 aliphatic heterocycles. The third-order valence-corrected chi connectivity index (χ3v) is 2.84. The largest absolute Gasteiger partial charge is 0.396 e. The van der Waals surface area contributed by atoms with E-state index in [-0.39, 0.29) is 18.7 Å². The molecule has 1 rings (SSSR count). The van der Waals surface area contributed by atoms with E-state index >= 15 is 0 Å². The summed E-state index contributed by atoms with van der Waals surface area (Å²) in [6.07, 6.45) is 5.15. The van der Waals surface area contributed by atoms with Gasteiger partial charge in [-0.25, -0.2) is 4.79 Å². The Morgan fingerprint density at radius 1 is 1.47 bits per heavy atom. The van der Waals surface area contributed by atoms with Gasteiger partial charge in [0.05, 0.1) is 0 Å². The summed E-state index contributed by atoms with van der Waals surface area (Å²) in [6.45, 7) is 5.56. The number of nitrogens with one attached hydrogen (secondary N) is 2. The molecule has 1 heterocycles. The molecule has 6 nitrogen and oxygen atoms in total. The molecular weight excluding hydrogens is 244 g/mol. The van der Waals surface area contributed by atoms with Crippen molar-refractivity contribution in [3.8, 4) is 0 Å². The summed E-state index contributed by atoms with van der Waals surface area (Å²) in [5, 5.41) is 18.5. The molecule has 0 saturated carbocycles. The number of amides is 2. The van der Waals surface area contributed by atoms with Gasteiger partial charge in [0.25, 0.3) is 0 Å². The zero-order valence-corrected chi connectivity index (χ0v) is 11.7. The van der Waals surface area contributed by atoms with Crippen LogP contribution in [0.1, 0.15) is 26.7 Å². The molecule has 1 aromatic heterocycles. The van der Waals surface area contributed by atoms with Crippen LogP contribution in [0.15, 0.2) is 18.5 Å². The summed E-state index contributed by atoms with van der Waals surface area (Å²) in [4.78, 5) is 11.6. The lowest BCUT2D eigenvalue weighted by molar-refractivity contribution is 0.232. The first-order chi connectivity index (χ1) is 9.11. The number of urea groups is 1. The Labute approximate surface area is 114 Å². The molecular formula is C13H24N4O2. The van der Waals surface area contributed by atoms with Crippen molar-refractivity contribution in [3.05, 3.63) is 18.5 Å². The Morgan fingerprint density at radius 3 is 2.89 bits per heavy atom. The van der Waals surface area contributed by atoms with Gasteiger partial charge in [0.1, 0.15) is 0 Å². The van der Waals surface area contributed by atoms with Crippen molar-refractivity contribution in [3.63, 3.8) is 0 Å². The van der Waals surface area contributed by atoms with Crippen molar-refractivity contribution >= 4 is 6.03 Å². The fourth-order valence-corrected chi connectivity index (χ4v) is 1.80. The van der Waals surface area contributed by atoms with Crippen molar-refractivity contribution in [1.29, 1.82) is 0 Å². The minimum Gasteiger partial charge on any atom is -0.396 e. The molecule has 0 saturated heterocycles. The zero-order valence-electron chi connectivity index (χ0n) is 11.7. The number of hydrogen-bond acceptors (Lipinski definition) is 3. The average Bonchev–Trinajstić information content (AvgIpc) is 2.86. The lowest BCUT2D eigenvalue weighted by Gasteiger charge is -2.16. The Bertz CT molecular complexity index is 354. The minimum atomic E-state index is -0.155. The van der Waals surface area contributed by atoms with Crippen LogP contribution in [0.5, 0.6) is 0 Å². The SMILES string of the molecule is CC(CNC(=O)NC(C)CCCO)Cn1cccn1. The number of nitrogens with zero attached hydrogens (tertiary/aromatic N) is 2. The van der Waals surface area contributed by atoms with Gasteiger partial charge in [-0.2, -0.15) is 5.10 Å². The number of carbonyl (C=O) groups is 1. The van der Waals surface area contributed by atoms with Gasteiger partial charge in [0.15, 0.2) is 0 Å². The highest BCUT2D eigenvalue weighted by atomic mass is 16.3. The third-order valence-electron chi connectivity index (χ3n) is 2.84. The van der Waals surface area contributed by atoms with E-state index in [1.54, 1.807) is 6.20 Å². The highest BCUT2D eigenvalue weighted by Gasteiger charge is 2.09. The van der Waals surface area contributed by atoms with Crippen molar-refractivity contribution in [2.45, 2.75) is 39.3 Å². The predicted molar refractivity (Wildman–Crippen MR) is 73.7 cm³/mol. The molecule has 3 N–H and O–H groups in total. The van der Waals surface area contributed by atoms with E-state index in [9.17, 15) is 4.79 Å². The van der Waals surface area contributed by atoms with E-state index in [2.05, 4.69) is 22.7 Å². The number of aliphatic hydroxyl groups excluding tert-OH is 1. The Morgan fingerprint density at radius 2 is 2.26 bits per heavy atom. The number of rotatable bonds is 8. The standard InChI is InChI=1S/C13H24N4O2/c1-11(10-17-7-4-6-15-17)9-14-13(19)16-12(2)5-3-8-18/h4,6-7,11-12,18H,3,5,8-10H2,1-2H3,(H2,14,16,19). The van der Waals surface area contributed by atoms with Crippen molar-refractivity contribution in [2.75, 3.05) is 13.2 Å². The normalized spacial score (nSPS) is 13.8. The van der Waals surface area contributed by atoms with Crippen LogP contribution in [0, 0.1) is 5.92 Å². The van der Waals surface area contributed by atoms with Crippen LogP contribution < -0.4 is 10.6 Å². The quantitative estimate of drug-likeness (QED) is 0.657. The number of hydrogen-bond donors (Lipinski definition) is 3. The topological polar surface area (TPSA) is 79.2 Å². The molecule has 0 spiro atoms. The van der Waals surface area contributed by atoms with Gasteiger partial charge < -0.3 is 15.7 Å². The molecule has 0 fully saturated rings. The Kier molecular flexibility index (Phi) is 6.95. The molecule has 19 heavy (non-hydrogen) atoms. The van der Waals surface area contributed by atoms with E-state index in [4.69, 9.17) is 5.11 Å². The fraction of sp³-hybridized carbons (Fsp3) is 0.692. The van der Waals surface area contributed by atoms with Gasteiger partial charge in [-0.05, 0) is 31.7 Å². The monoisotopic (exact) mass is 268 g/mol. The van der Waals surface area contributed by atoms with Crippen molar-refractivity contribution < 1.29 is 9.90 Å². The average molecular weight is 268 g/mol. The summed E-state index contributed by atoms with van der Waals surface area (Å²) in [5.74, 6) is 0.318. The maximum Gasteiger partial charge on any atom is 0.315 e. The number of carbonyl (C=O) groups excluding carboxylic acids is 1. The van der Waals surface area contributed by atoms with Crippen LogP contribution in [0.2, 0.25) is 0 Å². The number of aliphatic hydroxyl groups is 1. The van der Waals surface area contributed by atoms with Gasteiger partial charge in [-0.1, -0.05) is 6.92 Å². The molecule has 0 radical (unpaired) electrons. The first-order valence-electron chi connectivity index (χ1n) is 6.74. The fourth-order valence-electron chi connectivity index (χ4n) is 1.80. The second-order valence-electron chi connectivity index (χ2n) is 4.95. The van der Waals surface area contributed by atoms with Crippen LogP contribution in [-0.4, -0.2) is 40.1 Å². The lowest BCUT2D eigenvalue weighted by Crippen LogP contribution is -2.42. The Balaban J connectivity index is 2.15. The summed E-state index contributed by atoms with van der Waals surface area (Å²) in [5.41, 5.74) is 0. The molecule has 0 aliphatic carbocycles. The minimum absolute atomic E-state index is 0.0774. The van der Waals surface area contributed by atoms with Crippen LogP contribution >= 0.6 is 0 Å². The second kappa shape index (κ2) is 8.53. The first-order valence-corrected chi connectivity index (χ1v) is 6.74. The molecule has 2 unspecified atom stereocenters. The van der Waals surface area contributed by atoms with Crippen LogP contribution in [0.3, 0.4) is 0 Å². The third kappa shape index (κ3) is 6.81. The van der Waals surface area contributed by atoms with Gasteiger partial charge in [0, 0.05) is 38.1 Å². The molecule has 2 amide bonds. The van der Waals surface area contributed by atoms with Crippen LogP contribution in [-0.2, 0) is 6.54 Å². The van der Waals surface area contributed by atoms with E-state index in [0.29, 0.717) is 18.9 Å². The van der Waals surface area contributed by atoms with Crippen molar-refractivity contribution in [2.24, 2.45) is 5.92 Å². The lowest BCUT2D eigenvalue weighted by atomic mass is 10.2. The van der Waals surface area contributed by atoms with Gasteiger partial charge in [0.2, 0.25) is 0 Å². The van der Waals surface area contributed by atoms with Gasteiger partial charge in [-0.3, -0.25) is 4.68 Å². The maximum atomic E-state index is 11.6. The summed E-state index contributed by atoms with van der Waals surface area (Å²) >= 11 is 0. The summed E-state index contributed by atoms with van der Waals surface area (Å²) in [7, 11) is 0. The molecule has 0 bridgehead atoms. The smallest absolute Gasteiger partial charge is 0.315 e. The molecule has 0 aliphatic rings. The molecule has 1 aromatic rings. The predicted octanol–water partition coefficient (Wildman–Crippen LogP) is 0.979. The van der Waals surface area contributed by atoms with Gasteiger partial charge in [-0.15, -0.1) is 0 Å². The van der Waals surface area contributed by atoms with Gasteiger partial charge >= 0.3 is 6.03 Å². The highest BCUT2D eigenvalue weighted by molar-refractivity contribution is 5.74. The van der Waals surface area contributed by atoms with E-state index in [1.165, 1.54) is 0 Å². The Hall–Kier alpha value is -1.56. The second-order valence-corrected chi connectivity index (χ2v) is 4.95. The van der Waals surface area contributed by atoms with E-state index in [0.717, 1.165) is 13.0 Å². The first kappa shape index (κ1) is 15.5. The molecule has 108 valence electrons. The maximum absolute atomic E-state index is 11.6. The van der Waals surface area contributed by atoms with Crippen molar-refractivity contribution in [1.82, 2.24) is 20.4 Å². The highest BCUT2D eigenvalue weighted by Crippen LogP contribution is 1.98. The van der Waals surface area contributed by atoms with E-state index < -0.39 is 0 Å². The summed E-state index contributed by atoms with van der Waals surface area (Å²) in [6, 6.07) is 1.81. The molecule has 2 atom stereocenters. The zero-order chi connectivity index (χ0) is 14.1. The van der Waals surface area contributed by atoms with Crippen LogP contribution in [0.4, 0.5) is 4.79 Å². The van der Waals surface area contributed by atoms with E-state index in [1.807, 2.05) is 23.9 Å². The summed E-state index contributed by atoms with van der Waals surface area (Å²) < 4.78 is 1.86. The molecule has 0 aromatic carbocycles.